The first-order valence-electron chi connectivity index (χ1n) is 8.93. The zero-order valence-corrected chi connectivity index (χ0v) is 14.5. The third-order valence-electron chi connectivity index (χ3n) is 5.45. The second-order valence-electron chi connectivity index (χ2n) is 7.10. The highest BCUT2D eigenvalue weighted by atomic mass is 16.5. The van der Waals surface area contributed by atoms with E-state index in [-0.39, 0.29) is 17.6 Å². The van der Waals surface area contributed by atoms with E-state index in [1.807, 2.05) is 17.0 Å². The summed E-state index contributed by atoms with van der Waals surface area (Å²) in [5, 5.41) is 3.67. The maximum Gasteiger partial charge on any atom is 0.219 e. The molecule has 2 aliphatic heterocycles. The Morgan fingerprint density at radius 3 is 2.80 bits per heavy atom. The fourth-order valence-electron chi connectivity index (χ4n) is 3.97. The fraction of sp³-hybridized carbons (Fsp3) is 0.450. The first kappa shape index (κ1) is 16.2. The Kier molecular flexibility index (Phi) is 4.25. The molecule has 1 aromatic heterocycles. The molecule has 3 heterocycles. The molecular weight excluding hydrogens is 316 g/mol. The van der Waals surface area contributed by atoms with E-state index in [0.717, 1.165) is 50.2 Å². The number of ether oxygens (including phenoxy) is 1. The van der Waals surface area contributed by atoms with Crippen LogP contribution in [0.3, 0.4) is 0 Å². The van der Waals surface area contributed by atoms with Gasteiger partial charge in [-0.05, 0) is 12.1 Å². The van der Waals surface area contributed by atoms with Gasteiger partial charge in [0.1, 0.15) is 11.4 Å². The molecule has 0 aliphatic carbocycles. The molecule has 0 radical (unpaired) electrons. The van der Waals surface area contributed by atoms with Crippen LogP contribution in [0.2, 0.25) is 0 Å². The number of benzene rings is 1. The molecule has 1 saturated heterocycles. The lowest BCUT2D eigenvalue weighted by atomic mass is 9.80. The van der Waals surface area contributed by atoms with Gasteiger partial charge in [-0.25, -0.2) is 0 Å². The molecule has 1 atom stereocenters. The van der Waals surface area contributed by atoms with E-state index >= 15 is 0 Å². The molecule has 1 aromatic carbocycles. The first-order valence-corrected chi connectivity index (χ1v) is 8.93. The minimum absolute atomic E-state index is 0.153. The summed E-state index contributed by atoms with van der Waals surface area (Å²) in [6, 6.07) is 10.5. The van der Waals surface area contributed by atoms with Crippen molar-refractivity contribution in [3.63, 3.8) is 0 Å². The summed E-state index contributed by atoms with van der Waals surface area (Å²) >= 11 is 0. The van der Waals surface area contributed by atoms with Crippen molar-refractivity contribution in [3.8, 4) is 5.75 Å². The van der Waals surface area contributed by atoms with Crippen LogP contribution in [-0.4, -0.2) is 29.5 Å². The predicted molar refractivity (Wildman–Crippen MR) is 94.2 cm³/mol. The smallest absolute Gasteiger partial charge is 0.219 e. The lowest BCUT2D eigenvalue weighted by molar-refractivity contribution is -0.133. The van der Waals surface area contributed by atoms with Crippen LogP contribution in [0.15, 0.2) is 47.3 Å². The summed E-state index contributed by atoms with van der Waals surface area (Å²) in [5.74, 6) is 1.12. The van der Waals surface area contributed by atoms with Crippen molar-refractivity contribution in [3.05, 3.63) is 54.0 Å². The van der Waals surface area contributed by atoms with Gasteiger partial charge in [-0.3, -0.25) is 4.79 Å². The van der Waals surface area contributed by atoms with Crippen LogP contribution in [0.5, 0.6) is 5.75 Å². The van der Waals surface area contributed by atoms with Gasteiger partial charge in [-0.15, -0.1) is 0 Å². The molecule has 1 unspecified atom stereocenters. The fourth-order valence-corrected chi connectivity index (χ4v) is 3.97. The van der Waals surface area contributed by atoms with Gasteiger partial charge >= 0.3 is 0 Å². The molecule has 1 N–H and O–H groups in total. The maximum atomic E-state index is 11.6. The van der Waals surface area contributed by atoms with Crippen LogP contribution < -0.4 is 10.1 Å². The standard InChI is InChI=1S/C20H24N2O3/c1-15(23)22-9-7-20(8-10-22)12-18(21-13-16-6-11-24-14-16)17-4-2-3-5-19(17)25-20/h2-6,11,14,18,21H,7-10,12-13H2,1H3. The Morgan fingerprint density at radius 2 is 2.08 bits per heavy atom. The third kappa shape index (κ3) is 3.29. The minimum atomic E-state index is -0.186. The Morgan fingerprint density at radius 1 is 1.28 bits per heavy atom. The zero-order chi connectivity index (χ0) is 17.3. The van der Waals surface area contributed by atoms with Gasteiger partial charge in [0.05, 0.1) is 12.5 Å². The number of para-hydroxylation sites is 1. The van der Waals surface area contributed by atoms with E-state index in [1.165, 1.54) is 5.56 Å². The highest BCUT2D eigenvalue weighted by molar-refractivity contribution is 5.73. The molecule has 0 saturated carbocycles. The molecule has 2 aromatic rings. The number of furan rings is 1. The summed E-state index contributed by atoms with van der Waals surface area (Å²) in [4.78, 5) is 13.6. The highest BCUT2D eigenvalue weighted by Crippen LogP contribution is 2.44. The van der Waals surface area contributed by atoms with E-state index in [2.05, 4.69) is 23.5 Å². The van der Waals surface area contributed by atoms with Crippen molar-refractivity contribution in [2.75, 3.05) is 13.1 Å². The molecule has 5 nitrogen and oxygen atoms in total. The minimum Gasteiger partial charge on any atom is -0.487 e. The predicted octanol–water partition coefficient (Wildman–Crippen LogP) is 3.27. The number of carbonyl (C=O) groups excluding carboxylic acids is 1. The van der Waals surface area contributed by atoms with E-state index in [4.69, 9.17) is 9.15 Å². The SMILES string of the molecule is CC(=O)N1CCC2(CC1)CC(NCc1ccoc1)c1ccccc1O2. The monoisotopic (exact) mass is 340 g/mol. The van der Waals surface area contributed by atoms with Crippen molar-refractivity contribution in [2.45, 2.75) is 44.4 Å². The van der Waals surface area contributed by atoms with E-state index < -0.39 is 0 Å². The van der Waals surface area contributed by atoms with Gasteiger partial charge < -0.3 is 19.4 Å². The second kappa shape index (κ2) is 6.56. The number of piperidine rings is 1. The Labute approximate surface area is 148 Å². The van der Waals surface area contributed by atoms with Gasteiger partial charge in [-0.2, -0.15) is 0 Å². The van der Waals surface area contributed by atoms with E-state index in [9.17, 15) is 4.79 Å². The molecule has 132 valence electrons. The van der Waals surface area contributed by atoms with Crippen LogP contribution in [0.25, 0.3) is 0 Å². The molecule has 1 fully saturated rings. The quantitative estimate of drug-likeness (QED) is 0.932. The molecule has 25 heavy (non-hydrogen) atoms. The van der Waals surface area contributed by atoms with Gasteiger partial charge in [0, 0.05) is 63.0 Å². The average molecular weight is 340 g/mol. The normalized spacial score (nSPS) is 21.6. The summed E-state index contributed by atoms with van der Waals surface area (Å²) < 4.78 is 11.6. The number of amides is 1. The number of nitrogens with one attached hydrogen (secondary N) is 1. The molecule has 1 spiro atoms. The molecule has 5 heteroatoms. The number of carbonyl (C=O) groups is 1. The Bertz CT molecular complexity index is 733. The van der Waals surface area contributed by atoms with Crippen LogP contribution in [0.1, 0.15) is 43.4 Å². The lowest BCUT2D eigenvalue weighted by Gasteiger charge is -2.47. The van der Waals surface area contributed by atoms with Crippen LogP contribution in [-0.2, 0) is 11.3 Å². The van der Waals surface area contributed by atoms with Gasteiger partial charge in [-0.1, -0.05) is 18.2 Å². The summed E-state index contributed by atoms with van der Waals surface area (Å²) in [7, 11) is 0. The van der Waals surface area contributed by atoms with Crippen LogP contribution >= 0.6 is 0 Å². The number of rotatable bonds is 3. The van der Waals surface area contributed by atoms with Crippen molar-refractivity contribution in [2.24, 2.45) is 0 Å². The molecular formula is C20H24N2O3. The summed E-state index contributed by atoms with van der Waals surface area (Å²) in [5.41, 5.74) is 2.17. The summed E-state index contributed by atoms with van der Waals surface area (Å²) in [6.07, 6.45) is 6.16. The second-order valence-corrected chi connectivity index (χ2v) is 7.10. The number of likely N-dealkylation sites (tertiary alicyclic amines) is 1. The van der Waals surface area contributed by atoms with Crippen molar-refractivity contribution in [1.29, 1.82) is 0 Å². The van der Waals surface area contributed by atoms with Gasteiger partial charge in [0.15, 0.2) is 0 Å². The third-order valence-corrected chi connectivity index (χ3v) is 5.45. The molecule has 2 aliphatic rings. The van der Waals surface area contributed by atoms with Gasteiger partial charge in [0.25, 0.3) is 0 Å². The molecule has 0 bridgehead atoms. The largest absolute Gasteiger partial charge is 0.487 e. The van der Waals surface area contributed by atoms with E-state index in [0.29, 0.717) is 0 Å². The van der Waals surface area contributed by atoms with Crippen LogP contribution in [0.4, 0.5) is 0 Å². The zero-order valence-electron chi connectivity index (χ0n) is 14.5. The van der Waals surface area contributed by atoms with Crippen molar-refractivity contribution < 1.29 is 13.9 Å². The lowest BCUT2D eigenvalue weighted by Crippen LogP contribution is -2.52. The molecule has 1 amide bonds. The number of nitrogens with zero attached hydrogens (tertiary/aromatic N) is 1. The summed E-state index contributed by atoms with van der Waals surface area (Å²) in [6.45, 7) is 3.95. The van der Waals surface area contributed by atoms with Gasteiger partial charge in [0.2, 0.25) is 5.91 Å². The Balaban J connectivity index is 1.53. The topological polar surface area (TPSA) is 54.7 Å². The van der Waals surface area contributed by atoms with Crippen molar-refractivity contribution in [1.82, 2.24) is 10.2 Å². The number of hydrogen-bond acceptors (Lipinski definition) is 4. The number of hydrogen-bond donors (Lipinski definition) is 1. The van der Waals surface area contributed by atoms with E-state index in [1.54, 1.807) is 19.5 Å². The highest BCUT2D eigenvalue weighted by Gasteiger charge is 2.43. The maximum absolute atomic E-state index is 11.6. The molecule has 4 rings (SSSR count). The van der Waals surface area contributed by atoms with Crippen LogP contribution in [0, 0.1) is 0 Å². The number of fused-ring (bicyclic) bond motifs is 1. The first-order chi connectivity index (χ1) is 12.2. The van der Waals surface area contributed by atoms with Crippen molar-refractivity contribution >= 4 is 5.91 Å². The Hall–Kier alpha value is -2.27. The average Bonchev–Trinajstić information content (AvgIpc) is 3.13.